The number of hydrogen-bond acceptors (Lipinski definition) is 3. The van der Waals surface area contributed by atoms with Crippen LogP contribution < -0.4 is 10.2 Å². The number of carbonyl (C=O) groups is 1. The molecule has 0 atom stereocenters. The van der Waals surface area contributed by atoms with Gasteiger partial charge in [-0.2, -0.15) is 0 Å². The number of benzene rings is 1. The summed E-state index contributed by atoms with van der Waals surface area (Å²) in [5.41, 5.74) is 2.07. The maximum atomic E-state index is 12.2. The fraction of sp³-hybridized carbons (Fsp3) is 0.632. The van der Waals surface area contributed by atoms with E-state index >= 15 is 0 Å². The molecule has 1 aliphatic carbocycles. The number of anilines is 2. The van der Waals surface area contributed by atoms with Gasteiger partial charge in [0.25, 0.3) is 0 Å². The lowest BCUT2D eigenvalue weighted by Crippen LogP contribution is -2.34. The van der Waals surface area contributed by atoms with E-state index in [0.717, 1.165) is 31.2 Å². The van der Waals surface area contributed by atoms with Crippen LogP contribution in [0.15, 0.2) is 24.3 Å². The van der Waals surface area contributed by atoms with Crippen molar-refractivity contribution in [3.63, 3.8) is 0 Å². The van der Waals surface area contributed by atoms with Crippen molar-refractivity contribution in [1.29, 1.82) is 0 Å². The molecule has 4 nitrogen and oxygen atoms in total. The highest BCUT2D eigenvalue weighted by Gasteiger charge is 2.24. The first kappa shape index (κ1) is 17.8. The minimum absolute atomic E-state index is 0.0801. The molecule has 0 aromatic heterocycles. The predicted molar refractivity (Wildman–Crippen MR) is 98.1 cm³/mol. The van der Waals surface area contributed by atoms with E-state index in [1.165, 1.54) is 18.5 Å². The van der Waals surface area contributed by atoms with Crippen LogP contribution >= 0.6 is 0 Å². The Morgan fingerprint density at radius 3 is 2.30 bits per heavy atom. The van der Waals surface area contributed by atoms with E-state index in [2.05, 4.69) is 54.9 Å². The third-order valence-corrected chi connectivity index (χ3v) is 4.47. The summed E-state index contributed by atoms with van der Waals surface area (Å²) in [6.45, 7) is 12.1. The average molecular weight is 317 g/mol. The second-order valence-electron chi connectivity index (χ2n) is 6.75. The first-order valence-electron chi connectivity index (χ1n) is 8.92. The van der Waals surface area contributed by atoms with Crippen LogP contribution in [0.2, 0.25) is 0 Å². The SMILES string of the molecule is CCN(CC(=O)Nc1ccc(N(CC)C(C)C)cc1)CC1CC1. The normalized spacial score (nSPS) is 14.3. The molecule has 1 amide bonds. The topological polar surface area (TPSA) is 35.6 Å². The minimum Gasteiger partial charge on any atom is -0.369 e. The Bertz CT molecular complexity index is 494. The van der Waals surface area contributed by atoms with E-state index in [9.17, 15) is 4.79 Å². The summed E-state index contributed by atoms with van der Waals surface area (Å²) in [4.78, 5) is 16.8. The average Bonchev–Trinajstić information content (AvgIpc) is 3.32. The summed E-state index contributed by atoms with van der Waals surface area (Å²) < 4.78 is 0. The van der Waals surface area contributed by atoms with Gasteiger partial charge in [0.05, 0.1) is 6.54 Å². The van der Waals surface area contributed by atoms with Gasteiger partial charge in [0, 0.05) is 30.5 Å². The standard InChI is InChI=1S/C19H31N3O/c1-5-21(13-16-7-8-16)14-19(23)20-17-9-11-18(12-10-17)22(6-2)15(3)4/h9-12,15-16H,5-8,13-14H2,1-4H3,(H,20,23). The van der Waals surface area contributed by atoms with Gasteiger partial charge in [0.15, 0.2) is 0 Å². The summed E-state index contributed by atoms with van der Waals surface area (Å²) in [6, 6.07) is 8.63. The third kappa shape index (κ3) is 5.54. The van der Waals surface area contributed by atoms with Gasteiger partial charge in [-0.05, 0) is 70.3 Å². The van der Waals surface area contributed by atoms with Gasteiger partial charge in [-0.25, -0.2) is 0 Å². The third-order valence-electron chi connectivity index (χ3n) is 4.47. The van der Waals surface area contributed by atoms with Crippen LogP contribution in [0.5, 0.6) is 0 Å². The summed E-state index contributed by atoms with van der Waals surface area (Å²) in [5.74, 6) is 0.898. The predicted octanol–water partition coefficient (Wildman–Crippen LogP) is 3.59. The maximum absolute atomic E-state index is 12.2. The van der Waals surface area contributed by atoms with E-state index in [4.69, 9.17) is 0 Å². The maximum Gasteiger partial charge on any atom is 0.238 e. The fourth-order valence-corrected chi connectivity index (χ4v) is 2.96. The highest BCUT2D eigenvalue weighted by molar-refractivity contribution is 5.92. The van der Waals surface area contributed by atoms with Crippen molar-refractivity contribution < 1.29 is 4.79 Å². The van der Waals surface area contributed by atoms with Gasteiger partial charge in [0.2, 0.25) is 5.91 Å². The molecule has 1 N–H and O–H groups in total. The van der Waals surface area contributed by atoms with Crippen molar-refractivity contribution >= 4 is 17.3 Å². The van der Waals surface area contributed by atoms with Crippen molar-refractivity contribution in [3.8, 4) is 0 Å². The van der Waals surface area contributed by atoms with Crippen LogP contribution in [-0.2, 0) is 4.79 Å². The lowest BCUT2D eigenvalue weighted by atomic mass is 10.2. The first-order chi connectivity index (χ1) is 11.0. The molecule has 1 aliphatic rings. The number of likely N-dealkylation sites (N-methyl/N-ethyl adjacent to an activating group) is 1. The highest BCUT2D eigenvalue weighted by Crippen LogP contribution is 2.29. The smallest absolute Gasteiger partial charge is 0.238 e. The quantitative estimate of drug-likeness (QED) is 0.756. The van der Waals surface area contributed by atoms with Gasteiger partial charge >= 0.3 is 0 Å². The zero-order chi connectivity index (χ0) is 16.8. The molecule has 0 aliphatic heterocycles. The molecule has 1 saturated carbocycles. The van der Waals surface area contributed by atoms with Crippen molar-refractivity contribution in [2.75, 3.05) is 36.4 Å². The Balaban J connectivity index is 1.87. The summed E-state index contributed by atoms with van der Waals surface area (Å²) in [7, 11) is 0. The molecule has 0 saturated heterocycles. The molecule has 0 radical (unpaired) electrons. The molecule has 1 aromatic carbocycles. The lowest BCUT2D eigenvalue weighted by molar-refractivity contribution is -0.117. The molecule has 1 fully saturated rings. The van der Waals surface area contributed by atoms with Crippen molar-refractivity contribution in [2.45, 2.75) is 46.6 Å². The molecule has 4 heteroatoms. The Labute approximate surface area is 140 Å². The van der Waals surface area contributed by atoms with Crippen LogP contribution in [-0.4, -0.2) is 43.0 Å². The zero-order valence-corrected chi connectivity index (χ0v) is 15.0. The van der Waals surface area contributed by atoms with Gasteiger partial charge in [-0.15, -0.1) is 0 Å². The summed E-state index contributed by atoms with van der Waals surface area (Å²) >= 11 is 0. The number of nitrogens with one attached hydrogen (secondary N) is 1. The summed E-state index contributed by atoms with van der Waals surface area (Å²) in [6.07, 6.45) is 2.65. The Morgan fingerprint density at radius 2 is 1.83 bits per heavy atom. The number of hydrogen-bond donors (Lipinski definition) is 1. The Hall–Kier alpha value is -1.55. The van der Waals surface area contributed by atoms with E-state index < -0.39 is 0 Å². The van der Waals surface area contributed by atoms with Crippen LogP contribution in [0.3, 0.4) is 0 Å². The van der Waals surface area contributed by atoms with Crippen molar-refractivity contribution in [2.24, 2.45) is 5.92 Å². The molecule has 128 valence electrons. The van der Waals surface area contributed by atoms with Crippen LogP contribution in [0.25, 0.3) is 0 Å². The molecule has 0 unspecified atom stereocenters. The minimum atomic E-state index is 0.0801. The van der Waals surface area contributed by atoms with Crippen LogP contribution in [0, 0.1) is 5.92 Å². The first-order valence-corrected chi connectivity index (χ1v) is 8.92. The fourth-order valence-electron chi connectivity index (χ4n) is 2.96. The van der Waals surface area contributed by atoms with Crippen molar-refractivity contribution in [1.82, 2.24) is 4.90 Å². The van der Waals surface area contributed by atoms with E-state index in [1.54, 1.807) is 0 Å². The second kappa shape index (κ2) is 8.34. The monoisotopic (exact) mass is 317 g/mol. The van der Waals surface area contributed by atoms with Gasteiger partial charge in [-0.3, -0.25) is 9.69 Å². The largest absolute Gasteiger partial charge is 0.369 e. The van der Waals surface area contributed by atoms with Gasteiger partial charge < -0.3 is 10.2 Å². The molecule has 0 bridgehead atoms. The zero-order valence-electron chi connectivity index (χ0n) is 15.0. The highest BCUT2D eigenvalue weighted by atomic mass is 16.2. The number of carbonyl (C=O) groups excluding carboxylic acids is 1. The Kier molecular flexibility index (Phi) is 6.46. The van der Waals surface area contributed by atoms with Gasteiger partial charge in [-0.1, -0.05) is 6.92 Å². The van der Waals surface area contributed by atoms with E-state index in [0.29, 0.717) is 12.6 Å². The molecule has 0 heterocycles. The molecule has 23 heavy (non-hydrogen) atoms. The van der Waals surface area contributed by atoms with Gasteiger partial charge in [0.1, 0.15) is 0 Å². The van der Waals surface area contributed by atoms with Crippen molar-refractivity contribution in [3.05, 3.63) is 24.3 Å². The molecular formula is C19H31N3O. The molecule has 2 rings (SSSR count). The number of amides is 1. The van der Waals surface area contributed by atoms with E-state index in [-0.39, 0.29) is 5.91 Å². The molecule has 1 aromatic rings. The lowest BCUT2D eigenvalue weighted by Gasteiger charge is -2.27. The molecule has 0 spiro atoms. The van der Waals surface area contributed by atoms with E-state index in [1.807, 2.05) is 12.1 Å². The Morgan fingerprint density at radius 1 is 1.17 bits per heavy atom. The number of nitrogens with zero attached hydrogens (tertiary/aromatic N) is 2. The number of rotatable bonds is 9. The van der Waals surface area contributed by atoms with Crippen LogP contribution in [0.1, 0.15) is 40.5 Å². The second-order valence-corrected chi connectivity index (χ2v) is 6.75. The summed E-state index contributed by atoms with van der Waals surface area (Å²) in [5, 5.41) is 3.01. The van der Waals surface area contributed by atoms with Crippen LogP contribution in [0.4, 0.5) is 11.4 Å². The molecular weight excluding hydrogens is 286 g/mol.